The zero-order chi connectivity index (χ0) is 10.9. The third-order valence-electron chi connectivity index (χ3n) is 1.42. The van der Waals surface area contributed by atoms with E-state index >= 15 is 0 Å². The molecule has 0 aromatic carbocycles. The van der Waals surface area contributed by atoms with Crippen molar-refractivity contribution in [1.29, 1.82) is 0 Å². The number of nitrogens with one attached hydrogen (secondary N) is 1. The molecule has 1 N–H and O–H groups in total. The average Bonchev–Trinajstić information content (AvgIpc) is 2.01. The second kappa shape index (κ2) is 3.82. The minimum absolute atomic E-state index is 0.0152. The van der Waals surface area contributed by atoms with Crippen LogP contribution >= 0.6 is 15.9 Å². The Morgan fingerprint density at radius 3 is 2.57 bits per heavy atom. The molecule has 14 heavy (non-hydrogen) atoms. The van der Waals surface area contributed by atoms with Gasteiger partial charge >= 0.3 is 5.82 Å². The Bertz CT molecular complexity index is 432. The first-order chi connectivity index (χ1) is 6.43. The van der Waals surface area contributed by atoms with Crippen LogP contribution in [0.1, 0.15) is 12.0 Å². The molecule has 1 heterocycles. The molecule has 0 aliphatic rings. The highest BCUT2D eigenvalue weighted by atomic mass is 79.9. The van der Waals surface area contributed by atoms with Gasteiger partial charge in [0, 0.05) is 6.07 Å². The van der Waals surface area contributed by atoms with E-state index in [1.54, 1.807) is 0 Å². The highest BCUT2D eigenvalue weighted by molar-refractivity contribution is 9.10. The zero-order valence-corrected chi connectivity index (χ0v) is 8.05. The fourth-order valence-electron chi connectivity index (χ4n) is 0.881. The number of aromatic nitrogens is 1. The summed E-state index contributed by atoms with van der Waals surface area (Å²) in [5.74, 6) is -0.987. The van der Waals surface area contributed by atoms with Gasteiger partial charge in [-0.05, 0) is 20.9 Å². The van der Waals surface area contributed by atoms with Crippen molar-refractivity contribution >= 4 is 21.7 Å². The van der Waals surface area contributed by atoms with E-state index in [0.717, 1.165) is 6.07 Å². The summed E-state index contributed by atoms with van der Waals surface area (Å²) in [6.45, 7) is 0. The molecular formula is C6H3BrF2N2O3. The Hall–Kier alpha value is -1.31. The van der Waals surface area contributed by atoms with E-state index in [2.05, 4.69) is 15.9 Å². The lowest BCUT2D eigenvalue weighted by molar-refractivity contribution is -0.391. The van der Waals surface area contributed by atoms with E-state index in [4.69, 9.17) is 0 Å². The third-order valence-corrected chi connectivity index (χ3v) is 1.84. The number of H-pyrrole nitrogens is 1. The molecule has 0 saturated heterocycles. The molecule has 0 radical (unpaired) electrons. The van der Waals surface area contributed by atoms with Gasteiger partial charge in [0.05, 0.1) is 0 Å². The van der Waals surface area contributed by atoms with Crippen molar-refractivity contribution in [2.75, 3.05) is 0 Å². The molecule has 1 aromatic heterocycles. The number of aromatic amines is 1. The van der Waals surface area contributed by atoms with Gasteiger partial charge in [-0.2, -0.15) is 0 Å². The number of nitro groups is 1. The van der Waals surface area contributed by atoms with Crippen LogP contribution in [0.4, 0.5) is 14.6 Å². The van der Waals surface area contributed by atoms with Gasteiger partial charge in [0.2, 0.25) is 5.43 Å². The third kappa shape index (κ3) is 1.95. The number of halogens is 3. The van der Waals surface area contributed by atoms with E-state index in [-0.39, 0.29) is 4.60 Å². The minimum Gasteiger partial charge on any atom is -0.358 e. The zero-order valence-electron chi connectivity index (χ0n) is 6.46. The van der Waals surface area contributed by atoms with Crippen LogP contribution in [-0.4, -0.2) is 9.91 Å². The molecule has 0 amide bonds. The van der Waals surface area contributed by atoms with Crippen LogP contribution in [0.25, 0.3) is 0 Å². The maximum absolute atomic E-state index is 12.2. The van der Waals surface area contributed by atoms with E-state index in [9.17, 15) is 23.7 Å². The summed E-state index contributed by atoms with van der Waals surface area (Å²) in [4.78, 5) is 22.3. The van der Waals surface area contributed by atoms with E-state index < -0.39 is 28.2 Å². The van der Waals surface area contributed by atoms with Gasteiger partial charge < -0.3 is 10.1 Å². The summed E-state index contributed by atoms with van der Waals surface area (Å²) in [6, 6.07) is 0.814. The second-order valence-electron chi connectivity index (χ2n) is 2.30. The Kier molecular flexibility index (Phi) is 2.94. The van der Waals surface area contributed by atoms with Gasteiger partial charge in [-0.25, -0.2) is 13.8 Å². The maximum Gasteiger partial charge on any atom is 0.334 e. The molecule has 0 unspecified atom stereocenters. The predicted octanol–water partition coefficient (Wildman–Crippen LogP) is 1.98. The van der Waals surface area contributed by atoms with Gasteiger partial charge in [-0.15, -0.1) is 0 Å². The van der Waals surface area contributed by atoms with Crippen LogP contribution in [0.3, 0.4) is 0 Å². The minimum atomic E-state index is -3.17. The molecule has 0 saturated carbocycles. The fraction of sp³-hybridized carbons (Fsp3) is 0.167. The van der Waals surface area contributed by atoms with Gasteiger partial charge in [0.1, 0.15) is 0 Å². The second-order valence-corrected chi connectivity index (χ2v) is 3.16. The highest BCUT2D eigenvalue weighted by Gasteiger charge is 2.25. The summed E-state index contributed by atoms with van der Waals surface area (Å²) in [6.07, 6.45) is -3.17. The lowest BCUT2D eigenvalue weighted by Crippen LogP contribution is -2.13. The van der Waals surface area contributed by atoms with Crippen LogP contribution in [0.2, 0.25) is 0 Å². The molecule has 0 atom stereocenters. The van der Waals surface area contributed by atoms with Crippen molar-refractivity contribution in [2.45, 2.75) is 6.43 Å². The lowest BCUT2D eigenvalue weighted by Gasteiger charge is -2.01. The fourth-order valence-corrected chi connectivity index (χ4v) is 1.28. The molecule has 5 nitrogen and oxygen atoms in total. The summed E-state index contributed by atoms with van der Waals surface area (Å²) in [7, 11) is 0. The number of hydrogen-bond acceptors (Lipinski definition) is 3. The standard InChI is InChI=1S/C6H3BrF2N2O3/c7-3-1-2(12)4(5(8)9)6(10-3)11(13)14/h1,5H,(H,10,12). The molecule has 8 heteroatoms. The van der Waals surface area contributed by atoms with Crippen molar-refractivity contribution < 1.29 is 13.7 Å². The first-order valence-corrected chi connectivity index (χ1v) is 4.08. The summed E-state index contributed by atoms with van der Waals surface area (Å²) in [5, 5.41) is 10.3. The van der Waals surface area contributed by atoms with Gasteiger partial charge in [0.15, 0.2) is 10.2 Å². The predicted molar refractivity (Wildman–Crippen MR) is 46.4 cm³/mol. The smallest absolute Gasteiger partial charge is 0.334 e. The van der Waals surface area contributed by atoms with Crippen molar-refractivity contribution in [3.63, 3.8) is 0 Å². The molecule has 0 spiro atoms. The molecule has 1 rings (SSSR count). The molecule has 0 bridgehead atoms. The Morgan fingerprint density at radius 2 is 2.14 bits per heavy atom. The summed E-state index contributed by atoms with van der Waals surface area (Å²) >= 11 is 2.76. The number of pyridine rings is 1. The van der Waals surface area contributed by atoms with Crippen LogP contribution in [-0.2, 0) is 0 Å². The van der Waals surface area contributed by atoms with Crippen molar-refractivity contribution in [3.05, 3.63) is 36.6 Å². The van der Waals surface area contributed by atoms with Crippen LogP contribution in [0, 0.1) is 10.1 Å². The molecular weight excluding hydrogens is 266 g/mol. The average molecular weight is 269 g/mol. The van der Waals surface area contributed by atoms with Crippen molar-refractivity contribution in [1.82, 2.24) is 4.98 Å². The first kappa shape index (κ1) is 10.8. The topological polar surface area (TPSA) is 76.0 Å². The van der Waals surface area contributed by atoms with Gasteiger partial charge in [0.25, 0.3) is 6.43 Å². The van der Waals surface area contributed by atoms with Crippen molar-refractivity contribution in [2.24, 2.45) is 0 Å². The highest BCUT2D eigenvalue weighted by Crippen LogP contribution is 2.24. The number of nitrogens with zero attached hydrogens (tertiary/aromatic N) is 1. The number of alkyl halides is 2. The molecule has 0 aliphatic heterocycles. The first-order valence-electron chi connectivity index (χ1n) is 3.28. The normalized spacial score (nSPS) is 10.6. The number of rotatable bonds is 2. The monoisotopic (exact) mass is 268 g/mol. The van der Waals surface area contributed by atoms with Crippen molar-refractivity contribution in [3.8, 4) is 0 Å². The Morgan fingerprint density at radius 1 is 1.57 bits per heavy atom. The molecule has 0 aliphatic carbocycles. The summed E-state index contributed by atoms with van der Waals surface area (Å²) < 4.78 is 24.5. The Labute approximate surface area is 84.0 Å². The quantitative estimate of drug-likeness (QED) is 0.506. The van der Waals surface area contributed by atoms with Crippen LogP contribution < -0.4 is 5.43 Å². The Balaban J connectivity index is 3.53. The van der Waals surface area contributed by atoms with Gasteiger partial charge in [-0.3, -0.25) is 4.79 Å². The SMILES string of the molecule is O=c1cc(Br)[nH]c([N+](=O)[O-])c1C(F)F. The lowest BCUT2D eigenvalue weighted by atomic mass is 10.2. The van der Waals surface area contributed by atoms with E-state index in [1.165, 1.54) is 0 Å². The molecule has 1 aromatic rings. The van der Waals surface area contributed by atoms with Crippen LogP contribution in [0.5, 0.6) is 0 Å². The largest absolute Gasteiger partial charge is 0.358 e. The van der Waals surface area contributed by atoms with E-state index in [0.29, 0.717) is 0 Å². The summed E-state index contributed by atoms with van der Waals surface area (Å²) in [5.41, 5.74) is -2.20. The number of hydrogen-bond donors (Lipinski definition) is 1. The maximum atomic E-state index is 12.2. The van der Waals surface area contributed by atoms with Gasteiger partial charge in [-0.1, -0.05) is 0 Å². The molecule has 0 fully saturated rings. The van der Waals surface area contributed by atoms with E-state index in [1.807, 2.05) is 4.98 Å². The van der Waals surface area contributed by atoms with Crippen LogP contribution in [0.15, 0.2) is 15.5 Å². The molecule has 76 valence electrons.